The lowest BCUT2D eigenvalue weighted by atomic mass is 10.1. The Morgan fingerprint density at radius 3 is 2.65 bits per heavy atom. The fourth-order valence-corrected chi connectivity index (χ4v) is 2.65. The van der Waals surface area contributed by atoms with Gasteiger partial charge in [0, 0.05) is 21.8 Å². The smallest absolute Gasteiger partial charge is 0.338 e. The predicted octanol–water partition coefficient (Wildman–Crippen LogP) is 2.52. The van der Waals surface area contributed by atoms with Crippen molar-refractivity contribution in [3.63, 3.8) is 0 Å². The van der Waals surface area contributed by atoms with E-state index in [9.17, 15) is 9.00 Å². The Hall–Kier alpha value is -1.16. The van der Waals surface area contributed by atoms with E-state index >= 15 is 0 Å². The Labute approximate surface area is 105 Å². The lowest BCUT2D eigenvalue weighted by Crippen LogP contribution is -2.14. The fourth-order valence-electron chi connectivity index (χ4n) is 1.44. The molecule has 17 heavy (non-hydrogen) atoms. The molecule has 0 spiro atoms. The summed E-state index contributed by atoms with van der Waals surface area (Å²) in [7, 11) is 0.400. The number of esters is 1. The molecule has 0 aromatic heterocycles. The Morgan fingerprint density at radius 2 is 2.06 bits per heavy atom. The van der Waals surface area contributed by atoms with Gasteiger partial charge >= 0.3 is 5.97 Å². The zero-order valence-electron chi connectivity index (χ0n) is 10.4. The van der Waals surface area contributed by atoms with Crippen LogP contribution in [0.2, 0.25) is 0 Å². The molecule has 0 fully saturated rings. The molecule has 1 aromatic rings. The number of carbonyl (C=O) groups is 1. The number of methoxy groups -OCH3 is 1. The molecule has 1 rings (SSSR count). The largest absolute Gasteiger partial charge is 0.465 e. The van der Waals surface area contributed by atoms with E-state index in [2.05, 4.69) is 0 Å². The van der Waals surface area contributed by atoms with Crippen LogP contribution in [0.3, 0.4) is 0 Å². The zero-order valence-corrected chi connectivity index (χ0v) is 11.3. The third kappa shape index (κ3) is 3.66. The summed E-state index contributed by atoms with van der Waals surface area (Å²) in [6.45, 7) is 3.96. The van der Waals surface area contributed by atoms with Crippen molar-refractivity contribution in [1.82, 2.24) is 0 Å². The first-order valence-corrected chi connectivity index (χ1v) is 7.01. The number of carbonyl (C=O) groups excluding carboxylic acids is 1. The summed E-state index contributed by atoms with van der Waals surface area (Å²) in [4.78, 5) is 11.5. The van der Waals surface area contributed by atoms with E-state index in [4.69, 9.17) is 4.74 Å². The highest BCUT2D eigenvalue weighted by molar-refractivity contribution is 7.84. The topological polar surface area (TPSA) is 43.4 Å². The first-order valence-electron chi connectivity index (χ1n) is 5.63. The van der Waals surface area contributed by atoms with Crippen LogP contribution in [0.1, 0.15) is 36.2 Å². The Morgan fingerprint density at radius 1 is 1.41 bits per heavy atom. The second-order valence-corrected chi connectivity index (χ2v) is 5.75. The molecule has 1 aromatic carbocycles. The summed E-state index contributed by atoms with van der Waals surface area (Å²) in [5.74, 6) is 0.0297. The minimum absolute atomic E-state index is 0.140. The van der Waals surface area contributed by atoms with Gasteiger partial charge in [0.25, 0.3) is 0 Å². The normalized spacial score (nSPS) is 14.1. The molecular formula is C13H18O3S. The molecule has 0 bridgehead atoms. The Kier molecular flexibility index (Phi) is 5.35. The fraction of sp³-hybridized carbons (Fsp3) is 0.462. The second-order valence-electron chi connectivity index (χ2n) is 3.89. The SMILES string of the molecule is CCC(C)S(=O)Cc1ccccc1C(=O)OC. The molecule has 0 aliphatic heterocycles. The van der Waals surface area contributed by atoms with Gasteiger partial charge in [-0.25, -0.2) is 4.79 Å². The number of hydrogen-bond acceptors (Lipinski definition) is 3. The van der Waals surface area contributed by atoms with Crippen LogP contribution in [0.15, 0.2) is 24.3 Å². The third-order valence-electron chi connectivity index (χ3n) is 2.74. The summed E-state index contributed by atoms with van der Waals surface area (Å²) in [6, 6.07) is 7.15. The van der Waals surface area contributed by atoms with Crippen LogP contribution in [0.4, 0.5) is 0 Å². The van der Waals surface area contributed by atoms with Crippen LogP contribution in [-0.4, -0.2) is 22.5 Å². The van der Waals surface area contributed by atoms with E-state index < -0.39 is 10.8 Å². The molecule has 0 aliphatic carbocycles. The molecule has 3 nitrogen and oxygen atoms in total. The van der Waals surface area contributed by atoms with E-state index in [1.165, 1.54) is 7.11 Å². The lowest BCUT2D eigenvalue weighted by Gasteiger charge is -2.11. The van der Waals surface area contributed by atoms with E-state index in [1.807, 2.05) is 26.0 Å². The van der Waals surface area contributed by atoms with E-state index in [1.54, 1.807) is 12.1 Å². The number of benzene rings is 1. The third-order valence-corrected chi connectivity index (χ3v) is 4.57. The molecule has 2 atom stereocenters. The summed E-state index contributed by atoms with van der Waals surface area (Å²) >= 11 is 0. The van der Waals surface area contributed by atoms with Crippen molar-refractivity contribution >= 4 is 16.8 Å². The van der Waals surface area contributed by atoms with Crippen LogP contribution >= 0.6 is 0 Å². The molecule has 0 heterocycles. The molecule has 0 N–H and O–H groups in total. The maximum Gasteiger partial charge on any atom is 0.338 e. The number of rotatable bonds is 5. The molecular weight excluding hydrogens is 236 g/mol. The van der Waals surface area contributed by atoms with Gasteiger partial charge in [0.1, 0.15) is 0 Å². The zero-order chi connectivity index (χ0) is 12.8. The van der Waals surface area contributed by atoms with Gasteiger partial charge in [-0.3, -0.25) is 4.21 Å². The van der Waals surface area contributed by atoms with E-state index in [-0.39, 0.29) is 11.2 Å². The van der Waals surface area contributed by atoms with E-state index in [0.29, 0.717) is 11.3 Å². The second kappa shape index (κ2) is 6.55. The maximum atomic E-state index is 12.0. The highest BCUT2D eigenvalue weighted by atomic mass is 32.2. The minimum atomic E-state index is -0.952. The van der Waals surface area contributed by atoms with Gasteiger partial charge in [-0.05, 0) is 18.1 Å². The van der Waals surface area contributed by atoms with Gasteiger partial charge in [0.2, 0.25) is 0 Å². The van der Waals surface area contributed by atoms with E-state index in [0.717, 1.165) is 12.0 Å². The van der Waals surface area contributed by atoms with Gasteiger partial charge in [-0.1, -0.05) is 32.0 Å². The van der Waals surface area contributed by atoms with Crippen LogP contribution in [0.25, 0.3) is 0 Å². The molecule has 0 saturated heterocycles. The predicted molar refractivity (Wildman–Crippen MR) is 69.4 cm³/mol. The van der Waals surface area contributed by atoms with Gasteiger partial charge in [0.15, 0.2) is 0 Å². The molecule has 0 radical (unpaired) electrons. The quantitative estimate of drug-likeness (QED) is 0.758. The van der Waals surface area contributed by atoms with Crippen molar-refractivity contribution in [3.05, 3.63) is 35.4 Å². The summed E-state index contributed by atoms with van der Waals surface area (Å²) in [5, 5.41) is 0.140. The van der Waals surface area contributed by atoms with Crippen molar-refractivity contribution in [2.45, 2.75) is 31.3 Å². The summed E-state index contributed by atoms with van der Waals surface area (Å²) < 4.78 is 16.7. The van der Waals surface area contributed by atoms with Gasteiger partial charge in [-0.15, -0.1) is 0 Å². The maximum absolute atomic E-state index is 12.0. The highest BCUT2D eigenvalue weighted by Gasteiger charge is 2.15. The number of ether oxygens (including phenoxy) is 1. The van der Waals surface area contributed by atoms with Gasteiger partial charge < -0.3 is 4.74 Å². The van der Waals surface area contributed by atoms with Gasteiger partial charge in [-0.2, -0.15) is 0 Å². The van der Waals surface area contributed by atoms with Crippen LogP contribution in [0, 0.1) is 0 Å². The monoisotopic (exact) mass is 254 g/mol. The van der Waals surface area contributed by atoms with Crippen molar-refractivity contribution in [2.75, 3.05) is 7.11 Å². The van der Waals surface area contributed by atoms with Crippen molar-refractivity contribution < 1.29 is 13.7 Å². The molecule has 4 heteroatoms. The Balaban J connectivity index is 2.91. The summed E-state index contributed by atoms with van der Waals surface area (Å²) in [6.07, 6.45) is 0.868. The standard InChI is InChI=1S/C13H18O3S/c1-4-10(2)17(15)9-11-7-5-6-8-12(11)13(14)16-3/h5-8,10H,4,9H2,1-3H3. The lowest BCUT2D eigenvalue weighted by molar-refractivity contribution is 0.0600. The molecule has 94 valence electrons. The molecule has 2 unspecified atom stereocenters. The highest BCUT2D eigenvalue weighted by Crippen LogP contribution is 2.15. The molecule has 0 saturated carbocycles. The first kappa shape index (κ1) is 13.9. The van der Waals surface area contributed by atoms with Crippen molar-refractivity contribution in [2.24, 2.45) is 0 Å². The first-order chi connectivity index (χ1) is 8.10. The Bertz CT molecular complexity index is 415. The van der Waals surface area contributed by atoms with Crippen molar-refractivity contribution in [1.29, 1.82) is 0 Å². The molecule has 0 aliphatic rings. The van der Waals surface area contributed by atoms with Crippen molar-refractivity contribution in [3.8, 4) is 0 Å². The van der Waals surface area contributed by atoms with Crippen LogP contribution in [-0.2, 0) is 21.3 Å². The average Bonchev–Trinajstić information content (AvgIpc) is 2.37. The average molecular weight is 254 g/mol. The number of hydrogen-bond donors (Lipinski definition) is 0. The minimum Gasteiger partial charge on any atom is -0.465 e. The van der Waals surface area contributed by atoms with Crippen LogP contribution in [0.5, 0.6) is 0 Å². The molecule has 0 amide bonds. The van der Waals surface area contributed by atoms with Gasteiger partial charge in [0.05, 0.1) is 12.7 Å². The summed E-state index contributed by atoms with van der Waals surface area (Å²) in [5.41, 5.74) is 1.30. The van der Waals surface area contributed by atoms with Crippen LogP contribution < -0.4 is 0 Å².